The van der Waals surface area contributed by atoms with Crippen LogP contribution in [0.15, 0.2) is 18.2 Å². The van der Waals surface area contributed by atoms with Gasteiger partial charge in [-0.15, -0.1) is 0 Å². The Hall–Kier alpha value is -1.10. The summed E-state index contributed by atoms with van der Waals surface area (Å²) in [5.74, 6) is -0.425. The van der Waals surface area contributed by atoms with Gasteiger partial charge >= 0.3 is 6.18 Å². The predicted octanol–water partition coefficient (Wildman–Crippen LogP) is 4.13. The second-order valence-electron chi connectivity index (χ2n) is 4.27. The summed E-state index contributed by atoms with van der Waals surface area (Å²) in [6.07, 6.45) is -5.14. The van der Waals surface area contributed by atoms with Crippen molar-refractivity contribution in [3.63, 3.8) is 0 Å². The molecular weight excluding hydrogens is 246 g/mol. The number of rotatable bonds is 5. The molecule has 0 bridgehead atoms. The van der Waals surface area contributed by atoms with Crippen molar-refractivity contribution in [1.29, 1.82) is 0 Å². The lowest BCUT2D eigenvalue weighted by molar-refractivity contribution is -0.136. The third-order valence-corrected chi connectivity index (χ3v) is 2.78. The van der Waals surface area contributed by atoms with Gasteiger partial charge in [-0.1, -0.05) is 13.0 Å². The van der Waals surface area contributed by atoms with Crippen LogP contribution in [0, 0.1) is 12.7 Å². The first-order chi connectivity index (χ1) is 8.33. The number of hydrogen-bond donors (Lipinski definition) is 1. The molecule has 0 aromatic heterocycles. The Balaban J connectivity index is 2.86. The lowest BCUT2D eigenvalue weighted by Crippen LogP contribution is -2.24. The van der Waals surface area contributed by atoms with Crippen LogP contribution in [0.5, 0.6) is 0 Å². The molecule has 0 radical (unpaired) electrons. The van der Waals surface area contributed by atoms with Crippen LogP contribution in [-0.4, -0.2) is 12.7 Å². The number of benzene rings is 1. The third-order valence-electron chi connectivity index (χ3n) is 2.78. The van der Waals surface area contributed by atoms with Crippen molar-refractivity contribution in [1.82, 2.24) is 5.32 Å². The van der Waals surface area contributed by atoms with Crippen molar-refractivity contribution < 1.29 is 17.6 Å². The molecule has 0 fully saturated rings. The summed E-state index contributed by atoms with van der Waals surface area (Å²) in [6, 6.07) is 3.74. The Morgan fingerprint density at radius 3 is 2.50 bits per heavy atom. The second kappa shape index (κ2) is 6.18. The van der Waals surface area contributed by atoms with Gasteiger partial charge in [0.05, 0.1) is 0 Å². The molecule has 1 nitrogen and oxygen atoms in total. The highest BCUT2D eigenvalue weighted by Gasteiger charge is 2.28. The summed E-state index contributed by atoms with van der Waals surface area (Å²) in [6.45, 7) is 4.13. The Morgan fingerprint density at radius 2 is 1.94 bits per heavy atom. The van der Waals surface area contributed by atoms with Crippen molar-refractivity contribution in [2.24, 2.45) is 0 Å². The summed E-state index contributed by atoms with van der Waals surface area (Å²) >= 11 is 0. The second-order valence-corrected chi connectivity index (χ2v) is 4.27. The van der Waals surface area contributed by atoms with Crippen molar-refractivity contribution in [2.45, 2.75) is 38.9 Å². The van der Waals surface area contributed by atoms with E-state index in [0.29, 0.717) is 12.1 Å². The smallest absolute Gasteiger partial charge is 0.310 e. The van der Waals surface area contributed by atoms with Crippen LogP contribution in [0.25, 0.3) is 0 Å². The average Bonchev–Trinajstić information content (AvgIpc) is 2.26. The van der Waals surface area contributed by atoms with Crippen LogP contribution in [0.3, 0.4) is 0 Å². The zero-order valence-corrected chi connectivity index (χ0v) is 10.4. The zero-order valence-electron chi connectivity index (χ0n) is 10.4. The number of aryl methyl sites for hydroxylation is 1. The van der Waals surface area contributed by atoms with E-state index in [1.165, 1.54) is 12.1 Å². The maximum atomic E-state index is 13.2. The van der Waals surface area contributed by atoms with Crippen molar-refractivity contribution in [2.75, 3.05) is 6.54 Å². The molecular formula is C13H17F4N. The summed E-state index contributed by atoms with van der Waals surface area (Å²) in [7, 11) is 0. The van der Waals surface area contributed by atoms with Gasteiger partial charge in [0.2, 0.25) is 0 Å². The first-order valence-electron chi connectivity index (χ1n) is 5.89. The quantitative estimate of drug-likeness (QED) is 0.788. The molecule has 0 aliphatic heterocycles. The van der Waals surface area contributed by atoms with Gasteiger partial charge in [0.15, 0.2) is 0 Å². The van der Waals surface area contributed by atoms with E-state index >= 15 is 0 Å². The number of halogens is 4. The minimum absolute atomic E-state index is 0.0817. The van der Waals surface area contributed by atoms with Gasteiger partial charge in [0.25, 0.3) is 0 Å². The Kier molecular flexibility index (Phi) is 5.14. The molecule has 1 aromatic carbocycles. The molecule has 1 atom stereocenters. The Bertz CT molecular complexity index is 387. The van der Waals surface area contributed by atoms with E-state index < -0.39 is 24.5 Å². The van der Waals surface area contributed by atoms with Gasteiger partial charge in [-0.05, 0) is 43.1 Å². The Labute approximate surface area is 104 Å². The number of alkyl halides is 3. The van der Waals surface area contributed by atoms with E-state index in [2.05, 4.69) is 5.32 Å². The normalized spacial score (nSPS) is 13.7. The maximum absolute atomic E-state index is 13.2. The molecule has 5 heteroatoms. The predicted molar refractivity (Wildman–Crippen MR) is 62.8 cm³/mol. The van der Waals surface area contributed by atoms with Crippen LogP contribution in [0.4, 0.5) is 17.6 Å². The van der Waals surface area contributed by atoms with E-state index in [9.17, 15) is 17.6 Å². The van der Waals surface area contributed by atoms with Crippen LogP contribution >= 0.6 is 0 Å². The van der Waals surface area contributed by atoms with Gasteiger partial charge < -0.3 is 5.32 Å². The van der Waals surface area contributed by atoms with Gasteiger partial charge in [0.1, 0.15) is 5.82 Å². The van der Waals surface area contributed by atoms with Crippen LogP contribution in [0.1, 0.15) is 36.9 Å². The van der Waals surface area contributed by atoms with Crippen LogP contribution in [-0.2, 0) is 0 Å². The largest absolute Gasteiger partial charge is 0.389 e. The zero-order chi connectivity index (χ0) is 13.8. The molecule has 1 aromatic rings. The van der Waals surface area contributed by atoms with Gasteiger partial charge in [-0.3, -0.25) is 0 Å². The molecule has 18 heavy (non-hydrogen) atoms. The van der Waals surface area contributed by atoms with E-state index in [1.54, 1.807) is 13.0 Å². The summed E-state index contributed by atoms with van der Waals surface area (Å²) in [5, 5.41) is 2.97. The SMILES string of the molecule is CCNC(CCC(F)(F)F)c1cc(F)ccc1C. The molecule has 0 amide bonds. The van der Waals surface area contributed by atoms with Crippen molar-refractivity contribution >= 4 is 0 Å². The third kappa shape index (κ3) is 4.64. The molecule has 0 saturated heterocycles. The minimum atomic E-state index is -4.19. The Morgan fingerprint density at radius 1 is 1.28 bits per heavy atom. The molecule has 0 saturated carbocycles. The molecule has 0 aliphatic rings. The topological polar surface area (TPSA) is 12.0 Å². The fourth-order valence-electron chi connectivity index (χ4n) is 1.91. The van der Waals surface area contributed by atoms with Crippen molar-refractivity contribution in [3.05, 3.63) is 35.1 Å². The number of hydrogen-bond acceptors (Lipinski definition) is 1. The van der Waals surface area contributed by atoms with E-state index in [4.69, 9.17) is 0 Å². The highest BCUT2D eigenvalue weighted by atomic mass is 19.4. The fourth-order valence-corrected chi connectivity index (χ4v) is 1.91. The first kappa shape index (κ1) is 15.0. The molecule has 1 rings (SSSR count). The standard InChI is InChI=1S/C13H17F4N/c1-3-18-12(6-7-13(15,16)17)11-8-10(14)5-4-9(11)2/h4-5,8,12,18H,3,6-7H2,1-2H3. The number of nitrogens with one attached hydrogen (secondary N) is 1. The van der Waals surface area contributed by atoms with Gasteiger partial charge in [-0.2, -0.15) is 13.2 Å². The van der Waals surface area contributed by atoms with Gasteiger partial charge in [-0.25, -0.2) is 4.39 Å². The van der Waals surface area contributed by atoms with Gasteiger partial charge in [0, 0.05) is 12.5 Å². The monoisotopic (exact) mass is 263 g/mol. The molecule has 0 heterocycles. The molecule has 1 unspecified atom stereocenters. The van der Waals surface area contributed by atoms with E-state index in [0.717, 1.165) is 5.56 Å². The highest BCUT2D eigenvalue weighted by molar-refractivity contribution is 5.29. The lowest BCUT2D eigenvalue weighted by atomic mass is 9.97. The molecule has 0 spiro atoms. The first-order valence-corrected chi connectivity index (χ1v) is 5.89. The van der Waals surface area contributed by atoms with Crippen LogP contribution in [0.2, 0.25) is 0 Å². The molecule has 1 N–H and O–H groups in total. The summed E-state index contributed by atoms with van der Waals surface area (Å²) in [4.78, 5) is 0. The highest BCUT2D eigenvalue weighted by Crippen LogP contribution is 2.29. The summed E-state index contributed by atoms with van der Waals surface area (Å²) in [5.41, 5.74) is 1.39. The average molecular weight is 263 g/mol. The van der Waals surface area contributed by atoms with E-state index in [1.807, 2.05) is 6.92 Å². The molecule has 0 aliphatic carbocycles. The lowest BCUT2D eigenvalue weighted by Gasteiger charge is -2.21. The van der Waals surface area contributed by atoms with E-state index in [-0.39, 0.29) is 6.42 Å². The molecule has 102 valence electrons. The fraction of sp³-hybridized carbons (Fsp3) is 0.538. The minimum Gasteiger partial charge on any atom is -0.310 e. The van der Waals surface area contributed by atoms with Crippen molar-refractivity contribution in [3.8, 4) is 0 Å². The maximum Gasteiger partial charge on any atom is 0.389 e. The summed E-state index contributed by atoms with van der Waals surface area (Å²) < 4.78 is 49.9. The van der Waals surface area contributed by atoms with Crippen LogP contribution < -0.4 is 5.32 Å².